The Kier molecular flexibility index (Phi) is 1.52. The standard InChI is InChI=1S/C10H12N2O/c1-2-9(8-5-12-13-6-8)10-3-7(1)4-11-10/h2,5-7,10-11H,1,3-4H2. The molecule has 2 bridgehead atoms. The minimum absolute atomic E-state index is 0.540. The summed E-state index contributed by atoms with van der Waals surface area (Å²) < 4.78 is 4.86. The average Bonchev–Trinajstić information content (AvgIpc) is 2.77. The lowest BCUT2D eigenvalue weighted by Crippen LogP contribution is -2.22. The summed E-state index contributed by atoms with van der Waals surface area (Å²) in [4.78, 5) is 0. The second-order valence-electron chi connectivity index (χ2n) is 3.87. The van der Waals surface area contributed by atoms with Crippen molar-refractivity contribution < 1.29 is 4.52 Å². The van der Waals surface area contributed by atoms with Gasteiger partial charge in [-0.1, -0.05) is 11.2 Å². The molecule has 3 nitrogen and oxygen atoms in total. The third kappa shape index (κ3) is 1.11. The molecule has 0 saturated carbocycles. The van der Waals surface area contributed by atoms with Crippen molar-refractivity contribution in [2.45, 2.75) is 18.9 Å². The Morgan fingerprint density at radius 3 is 3.38 bits per heavy atom. The Morgan fingerprint density at radius 2 is 2.54 bits per heavy atom. The summed E-state index contributed by atoms with van der Waals surface area (Å²) in [7, 11) is 0. The molecule has 3 rings (SSSR count). The van der Waals surface area contributed by atoms with Crippen molar-refractivity contribution in [3.63, 3.8) is 0 Å². The number of fused-ring (bicyclic) bond motifs is 2. The van der Waals surface area contributed by atoms with Crippen molar-refractivity contribution in [2.24, 2.45) is 5.92 Å². The molecule has 3 heteroatoms. The van der Waals surface area contributed by atoms with E-state index in [-0.39, 0.29) is 0 Å². The number of rotatable bonds is 1. The summed E-state index contributed by atoms with van der Waals surface area (Å²) in [5.74, 6) is 0.855. The van der Waals surface area contributed by atoms with E-state index in [4.69, 9.17) is 4.52 Å². The van der Waals surface area contributed by atoms with E-state index in [0.717, 1.165) is 18.0 Å². The molecule has 2 heterocycles. The zero-order chi connectivity index (χ0) is 8.67. The lowest BCUT2D eigenvalue weighted by molar-refractivity contribution is 0.419. The second-order valence-corrected chi connectivity index (χ2v) is 3.87. The number of nitrogens with zero attached hydrogens (tertiary/aromatic N) is 1. The van der Waals surface area contributed by atoms with Gasteiger partial charge in [-0.05, 0) is 30.9 Å². The molecule has 2 aliphatic rings. The van der Waals surface area contributed by atoms with Gasteiger partial charge in [-0.15, -0.1) is 0 Å². The van der Waals surface area contributed by atoms with Crippen molar-refractivity contribution in [1.82, 2.24) is 10.5 Å². The van der Waals surface area contributed by atoms with Gasteiger partial charge in [-0.2, -0.15) is 0 Å². The fraction of sp³-hybridized carbons (Fsp3) is 0.500. The van der Waals surface area contributed by atoms with Crippen LogP contribution in [0, 0.1) is 5.92 Å². The van der Waals surface area contributed by atoms with Crippen LogP contribution >= 0.6 is 0 Å². The van der Waals surface area contributed by atoms with Crippen molar-refractivity contribution in [2.75, 3.05) is 6.54 Å². The molecule has 0 radical (unpaired) electrons. The Labute approximate surface area is 76.8 Å². The maximum absolute atomic E-state index is 4.86. The average molecular weight is 176 g/mol. The summed E-state index contributed by atoms with van der Waals surface area (Å²) in [6, 6.07) is 0.540. The predicted octanol–water partition coefficient (Wildman–Crippen LogP) is 1.44. The molecule has 1 aliphatic heterocycles. The van der Waals surface area contributed by atoms with Gasteiger partial charge in [0.05, 0.1) is 6.20 Å². The van der Waals surface area contributed by atoms with Crippen LogP contribution < -0.4 is 5.32 Å². The van der Waals surface area contributed by atoms with Gasteiger partial charge in [0.2, 0.25) is 0 Å². The molecule has 1 fully saturated rings. The van der Waals surface area contributed by atoms with E-state index >= 15 is 0 Å². The van der Waals surface area contributed by atoms with Crippen LogP contribution in [-0.2, 0) is 0 Å². The van der Waals surface area contributed by atoms with E-state index in [0.29, 0.717) is 6.04 Å². The Balaban J connectivity index is 1.96. The van der Waals surface area contributed by atoms with Crippen LogP contribution in [0.3, 0.4) is 0 Å². The number of nitrogens with one attached hydrogen (secondary N) is 1. The van der Waals surface area contributed by atoms with Crippen molar-refractivity contribution in [1.29, 1.82) is 0 Å². The van der Waals surface area contributed by atoms with Gasteiger partial charge in [0.15, 0.2) is 0 Å². The molecule has 1 aliphatic carbocycles. The van der Waals surface area contributed by atoms with Crippen molar-refractivity contribution in [3.05, 3.63) is 24.1 Å². The van der Waals surface area contributed by atoms with Gasteiger partial charge in [0.25, 0.3) is 0 Å². The lowest BCUT2D eigenvalue weighted by atomic mass is 9.88. The van der Waals surface area contributed by atoms with Crippen LogP contribution in [0.5, 0.6) is 0 Å². The van der Waals surface area contributed by atoms with Gasteiger partial charge in [-0.25, -0.2) is 0 Å². The maximum atomic E-state index is 4.86. The zero-order valence-corrected chi connectivity index (χ0v) is 7.36. The van der Waals surface area contributed by atoms with Gasteiger partial charge in [-0.3, -0.25) is 0 Å². The summed E-state index contributed by atoms with van der Waals surface area (Å²) in [6.45, 7) is 1.16. The quantitative estimate of drug-likeness (QED) is 0.703. The third-order valence-electron chi connectivity index (χ3n) is 3.03. The highest BCUT2D eigenvalue weighted by molar-refractivity contribution is 5.69. The van der Waals surface area contributed by atoms with E-state index in [1.807, 2.05) is 0 Å². The van der Waals surface area contributed by atoms with Crippen LogP contribution in [0.15, 0.2) is 23.1 Å². The minimum atomic E-state index is 0.540. The van der Waals surface area contributed by atoms with E-state index in [1.54, 1.807) is 12.5 Å². The van der Waals surface area contributed by atoms with Crippen molar-refractivity contribution >= 4 is 5.57 Å². The van der Waals surface area contributed by atoms with Crippen LogP contribution in [0.4, 0.5) is 0 Å². The van der Waals surface area contributed by atoms with E-state index in [2.05, 4.69) is 16.5 Å². The summed E-state index contributed by atoms with van der Waals surface area (Å²) >= 11 is 0. The molecular formula is C10H12N2O. The highest BCUT2D eigenvalue weighted by Crippen LogP contribution is 2.34. The van der Waals surface area contributed by atoms with Gasteiger partial charge >= 0.3 is 0 Å². The van der Waals surface area contributed by atoms with Crippen molar-refractivity contribution in [3.8, 4) is 0 Å². The molecule has 0 aromatic carbocycles. The summed E-state index contributed by atoms with van der Waals surface area (Å²) in [6.07, 6.45) is 8.32. The SMILES string of the molecule is C1=C(c2cnoc2)C2CC(C1)CN2. The van der Waals surface area contributed by atoms with Gasteiger partial charge in [0.1, 0.15) is 6.26 Å². The molecule has 0 spiro atoms. The predicted molar refractivity (Wildman–Crippen MR) is 49.0 cm³/mol. The van der Waals surface area contributed by atoms with Gasteiger partial charge in [0, 0.05) is 11.6 Å². The molecular weight excluding hydrogens is 164 g/mol. The lowest BCUT2D eigenvalue weighted by Gasteiger charge is -2.18. The van der Waals surface area contributed by atoms with Crippen LogP contribution in [-0.4, -0.2) is 17.7 Å². The first-order chi connectivity index (χ1) is 6.43. The van der Waals surface area contributed by atoms with Crippen LogP contribution in [0.1, 0.15) is 18.4 Å². The molecule has 68 valence electrons. The normalized spacial score (nSPS) is 31.8. The second kappa shape index (κ2) is 2.70. The maximum Gasteiger partial charge on any atom is 0.131 e. The molecule has 1 N–H and O–H groups in total. The molecule has 1 aromatic heterocycles. The summed E-state index contributed by atoms with van der Waals surface area (Å²) in [5, 5.41) is 7.26. The first kappa shape index (κ1) is 7.33. The highest BCUT2D eigenvalue weighted by Gasteiger charge is 2.30. The summed E-state index contributed by atoms with van der Waals surface area (Å²) in [5.41, 5.74) is 2.51. The molecule has 2 unspecified atom stereocenters. The molecule has 0 amide bonds. The first-order valence-corrected chi connectivity index (χ1v) is 4.76. The highest BCUT2D eigenvalue weighted by atomic mass is 16.5. The monoisotopic (exact) mass is 176 g/mol. The first-order valence-electron chi connectivity index (χ1n) is 4.76. The largest absolute Gasteiger partial charge is 0.364 e. The van der Waals surface area contributed by atoms with E-state index < -0.39 is 0 Å². The van der Waals surface area contributed by atoms with Gasteiger partial charge < -0.3 is 9.84 Å². The third-order valence-corrected chi connectivity index (χ3v) is 3.03. The molecule has 1 aromatic rings. The van der Waals surface area contributed by atoms with E-state index in [9.17, 15) is 0 Å². The number of hydrogen-bond donors (Lipinski definition) is 1. The smallest absolute Gasteiger partial charge is 0.131 e. The Bertz CT molecular complexity index is 329. The fourth-order valence-corrected chi connectivity index (χ4v) is 2.33. The van der Waals surface area contributed by atoms with Crippen LogP contribution in [0.25, 0.3) is 5.57 Å². The molecule has 2 atom stereocenters. The number of hydrogen-bond acceptors (Lipinski definition) is 3. The fourth-order valence-electron chi connectivity index (χ4n) is 2.33. The molecule has 13 heavy (non-hydrogen) atoms. The zero-order valence-electron chi connectivity index (χ0n) is 7.36. The topological polar surface area (TPSA) is 38.1 Å². The van der Waals surface area contributed by atoms with Crippen LogP contribution in [0.2, 0.25) is 0 Å². The Morgan fingerprint density at radius 1 is 1.54 bits per heavy atom. The molecule has 1 saturated heterocycles. The Hall–Kier alpha value is -1.09. The number of allylic oxidation sites excluding steroid dienone is 1. The minimum Gasteiger partial charge on any atom is -0.364 e. The van der Waals surface area contributed by atoms with E-state index in [1.165, 1.54) is 18.4 Å². The number of aromatic nitrogens is 1.